The lowest BCUT2D eigenvalue weighted by Crippen LogP contribution is -2.45. The average Bonchev–Trinajstić information content (AvgIpc) is 2.48. The molecule has 2 aliphatic rings. The third-order valence-electron chi connectivity index (χ3n) is 4.38. The van der Waals surface area contributed by atoms with Gasteiger partial charge >= 0.3 is 0 Å². The van der Waals surface area contributed by atoms with E-state index in [1.165, 1.54) is 31.3 Å². The van der Waals surface area contributed by atoms with Gasteiger partial charge in [0.2, 0.25) is 0 Å². The van der Waals surface area contributed by atoms with Gasteiger partial charge in [0.15, 0.2) is 5.96 Å². The number of hydrogen-bond acceptors (Lipinski definition) is 2. The molecule has 4 heteroatoms. The van der Waals surface area contributed by atoms with E-state index in [0.29, 0.717) is 6.04 Å². The highest BCUT2D eigenvalue weighted by molar-refractivity contribution is 5.80. The van der Waals surface area contributed by atoms with Crippen LogP contribution in [0.15, 0.2) is 16.6 Å². The first-order chi connectivity index (χ1) is 10.3. The largest absolute Gasteiger partial charge is 0.377 e. The maximum absolute atomic E-state index is 5.34. The van der Waals surface area contributed by atoms with Crippen molar-refractivity contribution in [3.05, 3.63) is 11.6 Å². The quantitative estimate of drug-likeness (QED) is 0.465. The van der Waals surface area contributed by atoms with E-state index in [9.17, 15) is 0 Å². The van der Waals surface area contributed by atoms with Crippen molar-refractivity contribution in [1.29, 1.82) is 0 Å². The molecule has 2 rings (SSSR count). The number of guanidine groups is 1. The summed E-state index contributed by atoms with van der Waals surface area (Å²) in [7, 11) is 0. The molecule has 0 radical (unpaired) electrons. The van der Waals surface area contributed by atoms with Gasteiger partial charge < -0.3 is 15.4 Å². The van der Waals surface area contributed by atoms with E-state index in [0.717, 1.165) is 51.0 Å². The molecule has 1 saturated carbocycles. The van der Waals surface area contributed by atoms with E-state index in [4.69, 9.17) is 9.73 Å². The van der Waals surface area contributed by atoms with Gasteiger partial charge in [0.1, 0.15) is 0 Å². The number of nitrogens with one attached hydrogen (secondary N) is 2. The molecule has 1 fully saturated rings. The third-order valence-corrected chi connectivity index (χ3v) is 4.38. The predicted molar refractivity (Wildman–Crippen MR) is 88.7 cm³/mol. The Morgan fingerprint density at radius 1 is 1.43 bits per heavy atom. The van der Waals surface area contributed by atoms with Crippen molar-refractivity contribution in [1.82, 2.24) is 10.6 Å². The molecular weight excluding hydrogens is 262 g/mol. The molecule has 0 spiro atoms. The molecule has 0 saturated heterocycles. The average molecular weight is 293 g/mol. The van der Waals surface area contributed by atoms with Gasteiger partial charge in [0.05, 0.1) is 13.2 Å². The topological polar surface area (TPSA) is 45.7 Å². The summed E-state index contributed by atoms with van der Waals surface area (Å²) in [6, 6.07) is 0.592. The molecule has 2 unspecified atom stereocenters. The van der Waals surface area contributed by atoms with E-state index >= 15 is 0 Å². The van der Waals surface area contributed by atoms with E-state index in [1.54, 1.807) is 0 Å². The van der Waals surface area contributed by atoms with Crippen molar-refractivity contribution >= 4 is 5.96 Å². The highest BCUT2D eigenvalue weighted by atomic mass is 16.5. The summed E-state index contributed by atoms with van der Waals surface area (Å²) in [6.45, 7) is 7.91. The molecule has 21 heavy (non-hydrogen) atoms. The molecule has 120 valence electrons. The van der Waals surface area contributed by atoms with E-state index < -0.39 is 0 Å². The maximum atomic E-state index is 5.34. The van der Waals surface area contributed by atoms with Crippen LogP contribution in [0.2, 0.25) is 0 Å². The smallest absolute Gasteiger partial charge is 0.191 e. The first kappa shape index (κ1) is 16.3. The number of rotatable bonds is 5. The Labute approximate surface area is 129 Å². The lowest BCUT2D eigenvalue weighted by molar-refractivity contribution is 0.153. The first-order valence-electron chi connectivity index (χ1n) is 8.58. The third kappa shape index (κ3) is 6.08. The SMILES string of the molecule is CCNC(=NCCC1=CCOCC1)NC1CCCC(C)C1. The van der Waals surface area contributed by atoms with Gasteiger partial charge in [-0.2, -0.15) is 0 Å². The van der Waals surface area contributed by atoms with Crippen molar-refractivity contribution in [2.75, 3.05) is 26.3 Å². The van der Waals surface area contributed by atoms with Crippen molar-refractivity contribution in [2.45, 2.75) is 58.4 Å². The van der Waals surface area contributed by atoms with Crippen molar-refractivity contribution in [3.63, 3.8) is 0 Å². The summed E-state index contributed by atoms with van der Waals surface area (Å²) in [5.74, 6) is 1.83. The second kappa shape index (κ2) is 9.08. The summed E-state index contributed by atoms with van der Waals surface area (Å²) in [5.41, 5.74) is 1.49. The molecule has 1 heterocycles. The normalized spacial score (nSPS) is 27.1. The highest BCUT2D eigenvalue weighted by Crippen LogP contribution is 2.23. The standard InChI is InChI=1S/C17H31N3O/c1-3-18-17(20-16-6-4-5-14(2)13-16)19-10-7-15-8-11-21-12-9-15/h8,14,16H,3-7,9-13H2,1-2H3,(H2,18,19,20). The monoisotopic (exact) mass is 293 g/mol. The number of hydrogen-bond donors (Lipinski definition) is 2. The van der Waals surface area contributed by atoms with Crippen LogP contribution in [0, 0.1) is 5.92 Å². The Bertz CT molecular complexity index is 365. The first-order valence-corrected chi connectivity index (χ1v) is 8.58. The zero-order valence-corrected chi connectivity index (χ0v) is 13.7. The van der Waals surface area contributed by atoms with Gasteiger partial charge in [0.25, 0.3) is 0 Å². The number of aliphatic imine (C=N–C) groups is 1. The van der Waals surface area contributed by atoms with Crippen LogP contribution in [0.4, 0.5) is 0 Å². The highest BCUT2D eigenvalue weighted by Gasteiger charge is 2.19. The molecule has 0 aromatic carbocycles. The Hall–Kier alpha value is -1.03. The van der Waals surface area contributed by atoms with Crippen LogP contribution in [-0.4, -0.2) is 38.3 Å². The minimum Gasteiger partial charge on any atom is -0.377 e. The fourth-order valence-electron chi connectivity index (χ4n) is 3.18. The van der Waals surface area contributed by atoms with Crippen molar-refractivity contribution in [3.8, 4) is 0 Å². The second-order valence-corrected chi connectivity index (χ2v) is 6.31. The molecule has 1 aliphatic heterocycles. The Morgan fingerprint density at radius 3 is 3.05 bits per heavy atom. The minimum absolute atomic E-state index is 0.592. The molecule has 4 nitrogen and oxygen atoms in total. The van der Waals surface area contributed by atoms with Gasteiger partial charge in [-0.05, 0) is 38.5 Å². The van der Waals surface area contributed by atoms with Crippen LogP contribution >= 0.6 is 0 Å². The van der Waals surface area contributed by atoms with Crippen molar-refractivity contribution < 1.29 is 4.74 Å². The zero-order chi connectivity index (χ0) is 14.9. The minimum atomic E-state index is 0.592. The molecule has 2 atom stereocenters. The maximum Gasteiger partial charge on any atom is 0.191 e. The van der Waals surface area contributed by atoms with Crippen LogP contribution in [0.1, 0.15) is 52.4 Å². The summed E-state index contributed by atoms with van der Waals surface area (Å²) >= 11 is 0. The van der Waals surface area contributed by atoms with Crippen LogP contribution in [0.3, 0.4) is 0 Å². The van der Waals surface area contributed by atoms with Crippen LogP contribution in [0.25, 0.3) is 0 Å². The molecule has 0 amide bonds. The Morgan fingerprint density at radius 2 is 2.33 bits per heavy atom. The lowest BCUT2D eigenvalue weighted by atomic mass is 9.87. The second-order valence-electron chi connectivity index (χ2n) is 6.31. The molecule has 0 aromatic rings. The van der Waals surface area contributed by atoms with E-state index in [1.807, 2.05) is 0 Å². The molecule has 1 aliphatic carbocycles. The Balaban J connectivity index is 1.79. The van der Waals surface area contributed by atoms with Crippen molar-refractivity contribution in [2.24, 2.45) is 10.9 Å². The van der Waals surface area contributed by atoms with Crippen LogP contribution < -0.4 is 10.6 Å². The van der Waals surface area contributed by atoms with E-state index in [2.05, 4.69) is 30.6 Å². The fraction of sp³-hybridized carbons (Fsp3) is 0.824. The van der Waals surface area contributed by atoms with Crippen LogP contribution in [0.5, 0.6) is 0 Å². The molecular formula is C17H31N3O. The van der Waals surface area contributed by atoms with Gasteiger partial charge in [-0.1, -0.05) is 31.4 Å². The molecule has 0 aromatic heterocycles. The Kier molecular flexibility index (Phi) is 7.07. The molecule has 2 N–H and O–H groups in total. The summed E-state index contributed by atoms with van der Waals surface area (Å²) < 4.78 is 5.34. The number of nitrogens with zero attached hydrogens (tertiary/aromatic N) is 1. The molecule has 0 bridgehead atoms. The summed E-state index contributed by atoms with van der Waals surface area (Å²) in [4.78, 5) is 4.74. The predicted octanol–water partition coefficient (Wildman–Crippen LogP) is 2.86. The zero-order valence-electron chi connectivity index (χ0n) is 13.7. The van der Waals surface area contributed by atoms with Gasteiger partial charge in [-0.3, -0.25) is 4.99 Å². The summed E-state index contributed by atoms with van der Waals surface area (Å²) in [5, 5.41) is 7.00. The van der Waals surface area contributed by atoms with Gasteiger partial charge in [0, 0.05) is 19.1 Å². The van der Waals surface area contributed by atoms with Gasteiger partial charge in [-0.15, -0.1) is 0 Å². The van der Waals surface area contributed by atoms with Gasteiger partial charge in [-0.25, -0.2) is 0 Å². The van der Waals surface area contributed by atoms with Crippen LogP contribution in [-0.2, 0) is 4.74 Å². The fourth-order valence-corrected chi connectivity index (χ4v) is 3.18. The lowest BCUT2D eigenvalue weighted by Gasteiger charge is -2.28. The number of ether oxygens (including phenoxy) is 1. The van der Waals surface area contributed by atoms with E-state index in [-0.39, 0.29) is 0 Å². The summed E-state index contributed by atoms with van der Waals surface area (Å²) in [6.07, 6.45) is 9.60.